The first-order chi connectivity index (χ1) is 10.6. The quantitative estimate of drug-likeness (QED) is 0.565. The fourth-order valence-corrected chi connectivity index (χ4v) is 3.48. The first-order valence-electron chi connectivity index (χ1n) is 6.78. The lowest BCUT2D eigenvalue weighted by Crippen LogP contribution is -2.14. The molecule has 1 amide bonds. The van der Waals surface area contributed by atoms with Crippen LogP contribution in [-0.4, -0.2) is 11.7 Å². The number of carbonyl (C=O) groups excluding carboxylic acids is 2. The molecule has 0 bridgehead atoms. The molecule has 0 saturated carbocycles. The van der Waals surface area contributed by atoms with Crippen LogP contribution in [0.1, 0.15) is 26.3 Å². The van der Waals surface area contributed by atoms with Gasteiger partial charge in [-0.05, 0) is 34.7 Å². The van der Waals surface area contributed by atoms with Crippen LogP contribution in [0.5, 0.6) is 0 Å². The summed E-state index contributed by atoms with van der Waals surface area (Å²) in [6.07, 6.45) is 0. The molecular weight excluding hydrogens is 342 g/mol. The summed E-state index contributed by atoms with van der Waals surface area (Å²) in [5, 5.41) is 1.53. The molecule has 1 aliphatic rings. The molecule has 3 aromatic carbocycles. The minimum atomic E-state index is -0.488. The number of halogens is 1. The van der Waals surface area contributed by atoms with Crippen molar-refractivity contribution in [3.8, 4) is 11.1 Å². The van der Waals surface area contributed by atoms with Gasteiger partial charge < -0.3 is 5.73 Å². The van der Waals surface area contributed by atoms with E-state index in [4.69, 9.17) is 5.73 Å². The molecule has 3 aromatic rings. The molecule has 0 spiro atoms. The molecule has 0 radical (unpaired) electrons. The van der Waals surface area contributed by atoms with Crippen LogP contribution in [0.15, 0.2) is 53.0 Å². The first kappa shape index (κ1) is 13.2. The second-order valence-electron chi connectivity index (χ2n) is 5.27. The number of ketones is 1. The average Bonchev–Trinajstić information content (AvgIpc) is 2.51. The van der Waals surface area contributed by atoms with E-state index in [1.165, 1.54) is 0 Å². The van der Waals surface area contributed by atoms with Gasteiger partial charge in [-0.2, -0.15) is 0 Å². The van der Waals surface area contributed by atoms with Gasteiger partial charge in [0, 0.05) is 26.5 Å². The van der Waals surface area contributed by atoms with Gasteiger partial charge in [0.2, 0.25) is 5.91 Å². The Morgan fingerprint density at radius 1 is 0.909 bits per heavy atom. The number of primary amides is 1. The number of nitrogens with two attached hydrogens (primary N) is 1. The molecule has 0 saturated heterocycles. The van der Waals surface area contributed by atoms with Crippen molar-refractivity contribution < 1.29 is 9.59 Å². The fraction of sp³-hybridized carbons (Fsp3) is 0. The van der Waals surface area contributed by atoms with Crippen molar-refractivity contribution >= 4 is 38.4 Å². The Hall–Kier alpha value is -2.46. The first-order valence-corrected chi connectivity index (χ1v) is 7.57. The maximum Gasteiger partial charge on any atom is 0.249 e. The van der Waals surface area contributed by atoms with Gasteiger partial charge in [-0.15, -0.1) is 0 Å². The molecular formula is C18H10BrNO2. The van der Waals surface area contributed by atoms with Gasteiger partial charge in [-0.3, -0.25) is 9.59 Å². The van der Waals surface area contributed by atoms with Gasteiger partial charge >= 0.3 is 0 Å². The summed E-state index contributed by atoms with van der Waals surface area (Å²) in [5.74, 6) is -0.520. The molecule has 0 unspecified atom stereocenters. The van der Waals surface area contributed by atoms with E-state index >= 15 is 0 Å². The van der Waals surface area contributed by atoms with Crippen molar-refractivity contribution in [3.05, 3.63) is 69.7 Å². The number of hydrogen-bond acceptors (Lipinski definition) is 2. The summed E-state index contributed by atoms with van der Waals surface area (Å²) >= 11 is 3.41. The van der Waals surface area contributed by atoms with Gasteiger partial charge in [0.1, 0.15) is 0 Å². The third-order valence-electron chi connectivity index (χ3n) is 4.07. The summed E-state index contributed by atoms with van der Waals surface area (Å²) in [4.78, 5) is 24.4. The van der Waals surface area contributed by atoms with Crippen LogP contribution in [0.2, 0.25) is 0 Å². The Morgan fingerprint density at radius 2 is 1.68 bits per heavy atom. The van der Waals surface area contributed by atoms with Crippen LogP contribution in [0.3, 0.4) is 0 Å². The second kappa shape index (κ2) is 4.52. The third kappa shape index (κ3) is 1.67. The van der Waals surface area contributed by atoms with Gasteiger partial charge in [-0.1, -0.05) is 46.3 Å². The fourth-order valence-electron chi connectivity index (χ4n) is 3.12. The predicted octanol–water partition coefficient (Wildman–Crippen LogP) is 3.91. The molecule has 2 N–H and O–H groups in total. The van der Waals surface area contributed by atoms with Crippen LogP contribution in [0, 0.1) is 0 Å². The zero-order valence-corrected chi connectivity index (χ0v) is 13.0. The minimum Gasteiger partial charge on any atom is -0.366 e. The van der Waals surface area contributed by atoms with Gasteiger partial charge in [0.25, 0.3) is 0 Å². The summed E-state index contributed by atoms with van der Waals surface area (Å²) in [6.45, 7) is 0. The normalized spacial score (nSPS) is 12.3. The largest absolute Gasteiger partial charge is 0.366 e. The predicted molar refractivity (Wildman–Crippen MR) is 89.0 cm³/mol. The topological polar surface area (TPSA) is 60.2 Å². The average molecular weight is 352 g/mol. The highest BCUT2D eigenvalue weighted by molar-refractivity contribution is 9.10. The van der Waals surface area contributed by atoms with E-state index in [1.54, 1.807) is 18.2 Å². The van der Waals surface area contributed by atoms with Crippen molar-refractivity contribution in [2.45, 2.75) is 0 Å². The van der Waals surface area contributed by atoms with Crippen LogP contribution in [-0.2, 0) is 0 Å². The Bertz CT molecular complexity index is 992. The highest BCUT2D eigenvalue weighted by atomic mass is 79.9. The number of rotatable bonds is 1. The molecule has 0 aliphatic heterocycles. The second-order valence-corrected chi connectivity index (χ2v) is 6.19. The monoisotopic (exact) mass is 351 g/mol. The summed E-state index contributed by atoms with van der Waals surface area (Å²) in [6, 6.07) is 14.7. The molecule has 3 nitrogen and oxygen atoms in total. The standard InChI is InChI=1S/C18H10BrNO2/c19-9-4-5-10-12-6-7-13(18(20)22)11-2-1-3-14(16(11)12)17(21)15(10)8-9/h1-8H,(H2,20,22). The number of amides is 1. The van der Waals surface area contributed by atoms with Crippen LogP contribution >= 0.6 is 15.9 Å². The molecule has 0 atom stereocenters. The Kier molecular flexibility index (Phi) is 2.71. The van der Waals surface area contributed by atoms with Gasteiger partial charge in [0.05, 0.1) is 0 Å². The highest BCUT2D eigenvalue weighted by Crippen LogP contribution is 2.41. The zero-order valence-electron chi connectivity index (χ0n) is 11.4. The summed E-state index contributed by atoms with van der Waals surface area (Å²) in [5.41, 5.74) is 9.02. The molecule has 4 rings (SSSR count). The van der Waals surface area contributed by atoms with E-state index in [0.29, 0.717) is 16.7 Å². The maximum atomic E-state index is 12.8. The van der Waals surface area contributed by atoms with E-state index in [0.717, 1.165) is 26.4 Å². The molecule has 106 valence electrons. The third-order valence-corrected chi connectivity index (χ3v) is 4.56. The van der Waals surface area contributed by atoms with Gasteiger partial charge in [-0.25, -0.2) is 0 Å². The SMILES string of the molecule is NC(=O)c1ccc2c3c(cccc13)C(=O)c1cc(Br)ccc1-2. The van der Waals surface area contributed by atoms with Crippen LogP contribution in [0.4, 0.5) is 0 Å². The molecule has 0 fully saturated rings. The van der Waals surface area contributed by atoms with Crippen molar-refractivity contribution in [1.29, 1.82) is 0 Å². The lowest BCUT2D eigenvalue weighted by atomic mass is 9.82. The van der Waals surface area contributed by atoms with E-state index in [9.17, 15) is 9.59 Å². The molecule has 0 aromatic heterocycles. The lowest BCUT2D eigenvalue weighted by molar-refractivity contribution is 0.0999. The number of carbonyl (C=O) groups is 2. The Balaban J connectivity index is 2.21. The Labute approximate surface area is 134 Å². The van der Waals surface area contributed by atoms with E-state index in [1.807, 2.05) is 30.3 Å². The Morgan fingerprint density at radius 3 is 2.45 bits per heavy atom. The van der Waals surface area contributed by atoms with E-state index < -0.39 is 5.91 Å². The summed E-state index contributed by atoms with van der Waals surface area (Å²) in [7, 11) is 0. The van der Waals surface area contributed by atoms with Crippen molar-refractivity contribution in [3.63, 3.8) is 0 Å². The van der Waals surface area contributed by atoms with Crippen LogP contribution < -0.4 is 5.73 Å². The minimum absolute atomic E-state index is 0.0315. The van der Waals surface area contributed by atoms with E-state index in [-0.39, 0.29) is 5.78 Å². The molecule has 0 heterocycles. The van der Waals surface area contributed by atoms with Crippen molar-refractivity contribution in [2.24, 2.45) is 5.73 Å². The maximum absolute atomic E-state index is 12.8. The van der Waals surface area contributed by atoms with Crippen LogP contribution in [0.25, 0.3) is 21.9 Å². The zero-order chi connectivity index (χ0) is 15.4. The highest BCUT2D eigenvalue weighted by Gasteiger charge is 2.26. The number of hydrogen-bond donors (Lipinski definition) is 1. The number of benzene rings is 3. The molecule has 4 heteroatoms. The lowest BCUT2D eigenvalue weighted by Gasteiger charge is -2.21. The van der Waals surface area contributed by atoms with E-state index in [2.05, 4.69) is 15.9 Å². The molecule has 22 heavy (non-hydrogen) atoms. The van der Waals surface area contributed by atoms with Gasteiger partial charge in [0.15, 0.2) is 5.78 Å². The van der Waals surface area contributed by atoms with Crippen molar-refractivity contribution in [2.75, 3.05) is 0 Å². The number of fused-ring (bicyclic) bond motifs is 2. The molecule has 1 aliphatic carbocycles. The summed E-state index contributed by atoms with van der Waals surface area (Å²) < 4.78 is 0.865. The van der Waals surface area contributed by atoms with Crippen molar-refractivity contribution in [1.82, 2.24) is 0 Å². The smallest absolute Gasteiger partial charge is 0.249 e.